The molecule has 0 saturated carbocycles. The Labute approximate surface area is 131 Å². The zero-order chi connectivity index (χ0) is 15.3. The van der Waals surface area contributed by atoms with Crippen LogP contribution in [0.15, 0.2) is 18.2 Å². The van der Waals surface area contributed by atoms with Crippen molar-refractivity contribution in [3.63, 3.8) is 0 Å². The number of piperidine rings is 1. The molecule has 1 aliphatic heterocycles. The number of anilines is 1. The molecule has 21 heavy (non-hydrogen) atoms. The van der Waals surface area contributed by atoms with Crippen molar-refractivity contribution in [1.82, 2.24) is 5.32 Å². The zero-order valence-electron chi connectivity index (χ0n) is 12.7. The lowest BCUT2D eigenvalue weighted by atomic mass is 9.76. The Kier molecular flexibility index (Phi) is 5.48. The molecule has 1 amide bonds. The van der Waals surface area contributed by atoms with Gasteiger partial charge in [-0.15, -0.1) is 0 Å². The Morgan fingerprint density at radius 3 is 2.95 bits per heavy atom. The lowest BCUT2D eigenvalue weighted by Crippen LogP contribution is -2.48. The quantitative estimate of drug-likeness (QED) is 0.875. The summed E-state index contributed by atoms with van der Waals surface area (Å²) >= 11 is 6.02. The number of methoxy groups -OCH3 is 1. The van der Waals surface area contributed by atoms with E-state index < -0.39 is 0 Å². The van der Waals surface area contributed by atoms with E-state index in [4.69, 9.17) is 16.3 Å². The average Bonchev–Trinajstić information content (AvgIpc) is 2.49. The maximum atomic E-state index is 12.8. The van der Waals surface area contributed by atoms with E-state index in [2.05, 4.69) is 17.6 Å². The molecule has 1 heterocycles. The number of halogens is 1. The summed E-state index contributed by atoms with van der Waals surface area (Å²) in [4.78, 5) is 12.8. The summed E-state index contributed by atoms with van der Waals surface area (Å²) in [6.45, 7) is 3.83. The molecule has 1 atom stereocenters. The number of amides is 1. The van der Waals surface area contributed by atoms with Crippen LogP contribution in [0.5, 0.6) is 5.75 Å². The lowest BCUT2D eigenvalue weighted by molar-refractivity contribution is -0.127. The first-order valence-electron chi connectivity index (χ1n) is 7.47. The van der Waals surface area contributed by atoms with Gasteiger partial charge in [-0.05, 0) is 44.0 Å². The average molecular weight is 311 g/mol. The summed E-state index contributed by atoms with van der Waals surface area (Å²) in [6, 6.07) is 5.25. The van der Waals surface area contributed by atoms with Gasteiger partial charge in [-0.25, -0.2) is 0 Å². The molecule has 1 aromatic carbocycles. The van der Waals surface area contributed by atoms with Gasteiger partial charge in [0.25, 0.3) is 0 Å². The van der Waals surface area contributed by atoms with Crippen LogP contribution < -0.4 is 15.4 Å². The van der Waals surface area contributed by atoms with Gasteiger partial charge < -0.3 is 15.4 Å². The van der Waals surface area contributed by atoms with Crippen molar-refractivity contribution in [2.24, 2.45) is 5.41 Å². The highest BCUT2D eigenvalue weighted by Crippen LogP contribution is 2.35. The second-order valence-corrected chi connectivity index (χ2v) is 6.05. The number of ether oxygens (including phenoxy) is 1. The van der Waals surface area contributed by atoms with E-state index >= 15 is 0 Å². The molecule has 1 fully saturated rings. The first kappa shape index (κ1) is 16.1. The largest absolute Gasteiger partial charge is 0.495 e. The van der Waals surface area contributed by atoms with E-state index in [0.717, 1.165) is 38.8 Å². The van der Waals surface area contributed by atoms with E-state index in [1.807, 2.05) is 0 Å². The maximum Gasteiger partial charge on any atom is 0.231 e. The van der Waals surface area contributed by atoms with Gasteiger partial charge in [0.15, 0.2) is 0 Å². The molecule has 0 spiro atoms. The third-order valence-corrected chi connectivity index (χ3v) is 4.33. The van der Waals surface area contributed by atoms with Gasteiger partial charge in [0.2, 0.25) is 5.91 Å². The maximum absolute atomic E-state index is 12.8. The molecule has 5 heteroatoms. The third-order valence-electron chi connectivity index (χ3n) is 4.09. The van der Waals surface area contributed by atoms with Crippen LogP contribution in [-0.4, -0.2) is 26.1 Å². The lowest BCUT2D eigenvalue weighted by Gasteiger charge is -2.36. The number of carbonyl (C=O) groups excluding carboxylic acids is 1. The second kappa shape index (κ2) is 7.14. The molecular formula is C16H23ClN2O2. The van der Waals surface area contributed by atoms with Crippen LogP contribution >= 0.6 is 11.6 Å². The van der Waals surface area contributed by atoms with Crippen molar-refractivity contribution in [1.29, 1.82) is 0 Å². The molecule has 0 aliphatic carbocycles. The van der Waals surface area contributed by atoms with Gasteiger partial charge in [0.1, 0.15) is 5.75 Å². The standard InChI is InChI=1S/C16H23ClN2O2/c1-3-7-16(8-4-9-18-11-16)15(20)19-13-10-12(17)5-6-14(13)21-2/h5-6,10,18H,3-4,7-9,11H2,1-2H3,(H,19,20). The molecule has 2 N–H and O–H groups in total. The monoisotopic (exact) mass is 310 g/mol. The highest BCUT2D eigenvalue weighted by atomic mass is 35.5. The number of benzene rings is 1. The summed E-state index contributed by atoms with van der Waals surface area (Å²) in [6.07, 6.45) is 3.82. The number of hydrogen-bond acceptors (Lipinski definition) is 3. The van der Waals surface area contributed by atoms with Gasteiger partial charge in [-0.1, -0.05) is 24.9 Å². The fraction of sp³-hybridized carbons (Fsp3) is 0.562. The van der Waals surface area contributed by atoms with E-state index in [9.17, 15) is 4.79 Å². The molecule has 0 bridgehead atoms. The normalized spacial score (nSPS) is 21.9. The Bertz CT molecular complexity index is 494. The molecular weight excluding hydrogens is 288 g/mol. The Morgan fingerprint density at radius 1 is 1.52 bits per heavy atom. The number of hydrogen-bond donors (Lipinski definition) is 2. The van der Waals surface area contributed by atoms with E-state index in [1.54, 1.807) is 25.3 Å². The Morgan fingerprint density at radius 2 is 2.33 bits per heavy atom. The van der Waals surface area contributed by atoms with Crippen molar-refractivity contribution in [2.45, 2.75) is 32.6 Å². The minimum absolute atomic E-state index is 0.0529. The van der Waals surface area contributed by atoms with E-state index in [1.165, 1.54) is 0 Å². The highest BCUT2D eigenvalue weighted by molar-refractivity contribution is 6.31. The number of nitrogens with one attached hydrogen (secondary N) is 2. The third kappa shape index (κ3) is 3.69. The topological polar surface area (TPSA) is 50.4 Å². The van der Waals surface area contributed by atoms with Crippen molar-refractivity contribution < 1.29 is 9.53 Å². The smallest absolute Gasteiger partial charge is 0.231 e. The van der Waals surface area contributed by atoms with E-state index in [0.29, 0.717) is 16.5 Å². The predicted molar refractivity (Wildman–Crippen MR) is 86.1 cm³/mol. The molecule has 0 aromatic heterocycles. The minimum atomic E-state index is -0.333. The Balaban J connectivity index is 2.20. The second-order valence-electron chi connectivity index (χ2n) is 5.61. The summed E-state index contributed by atoms with van der Waals surface area (Å²) in [5.41, 5.74) is 0.302. The Hall–Kier alpha value is -1.26. The fourth-order valence-corrected chi connectivity index (χ4v) is 3.17. The molecule has 1 saturated heterocycles. The minimum Gasteiger partial charge on any atom is -0.495 e. The van der Waals surface area contributed by atoms with Crippen LogP contribution in [-0.2, 0) is 4.79 Å². The highest BCUT2D eigenvalue weighted by Gasteiger charge is 2.38. The van der Waals surface area contributed by atoms with Crippen LogP contribution in [0, 0.1) is 5.41 Å². The van der Waals surface area contributed by atoms with Crippen LogP contribution in [0.2, 0.25) is 5.02 Å². The first-order valence-corrected chi connectivity index (χ1v) is 7.85. The van der Waals surface area contributed by atoms with Crippen molar-refractivity contribution >= 4 is 23.2 Å². The summed E-state index contributed by atoms with van der Waals surface area (Å²) in [7, 11) is 1.59. The zero-order valence-corrected chi connectivity index (χ0v) is 13.4. The fourth-order valence-electron chi connectivity index (χ4n) is 3.00. The molecule has 116 valence electrons. The van der Waals surface area contributed by atoms with E-state index in [-0.39, 0.29) is 11.3 Å². The van der Waals surface area contributed by atoms with Crippen LogP contribution in [0.3, 0.4) is 0 Å². The summed E-state index contributed by atoms with van der Waals surface area (Å²) < 4.78 is 5.29. The number of carbonyl (C=O) groups is 1. The molecule has 1 aliphatic rings. The van der Waals surface area contributed by atoms with Gasteiger partial charge in [0.05, 0.1) is 18.2 Å². The van der Waals surface area contributed by atoms with Gasteiger partial charge in [-0.3, -0.25) is 4.79 Å². The van der Waals surface area contributed by atoms with Crippen molar-refractivity contribution in [3.8, 4) is 5.75 Å². The van der Waals surface area contributed by atoms with Gasteiger partial charge in [-0.2, -0.15) is 0 Å². The van der Waals surface area contributed by atoms with Gasteiger partial charge >= 0.3 is 0 Å². The summed E-state index contributed by atoms with van der Waals surface area (Å²) in [5, 5.41) is 6.94. The van der Waals surface area contributed by atoms with Crippen LogP contribution in [0.25, 0.3) is 0 Å². The van der Waals surface area contributed by atoms with Gasteiger partial charge in [0, 0.05) is 11.6 Å². The van der Waals surface area contributed by atoms with Crippen molar-refractivity contribution in [3.05, 3.63) is 23.2 Å². The molecule has 1 unspecified atom stereocenters. The molecule has 0 radical (unpaired) electrons. The van der Waals surface area contributed by atoms with Crippen LogP contribution in [0.4, 0.5) is 5.69 Å². The van der Waals surface area contributed by atoms with Crippen LogP contribution in [0.1, 0.15) is 32.6 Å². The predicted octanol–water partition coefficient (Wildman–Crippen LogP) is 3.46. The molecule has 1 aromatic rings. The SMILES string of the molecule is CCCC1(C(=O)Nc2cc(Cl)ccc2OC)CCCNC1. The van der Waals surface area contributed by atoms with Crippen molar-refractivity contribution in [2.75, 3.05) is 25.5 Å². The number of rotatable bonds is 5. The summed E-state index contributed by atoms with van der Waals surface area (Å²) in [5.74, 6) is 0.681. The molecule has 2 rings (SSSR count). The first-order chi connectivity index (χ1) is 10.1. The molecule has 4 nitrogen and oxygen atoms in total.